The SMILES string of the molecule is CCN(CC)S(=O)(=O)c1ccc(C(C)NC(=O)COc2ccc(C)cc2C)cc1. The van der Waals surface area contributed by atoms with Gasteiger partial charge in [0.15, 0.2) is 6.61 Å². The highest BCUT2D eigenvalue weighted by Gasteiger charge is 2.21. The van der Waals surface area contributed by atoms with Gasteiger partial charge in [-0.05, 0) is 50.1 Å². The fraction of sp³-hybridized carbons (Fsp3) is 0.409. The summed E-state index contributed by atoms with van der Waals surface area (Å²) in [5, 5.41) is 2.88. The van der Waals surface area contributed by atoms with Crippen LogP contribution in [0, 0.1) is 13.8 Å². The van der Waals surface area contributed by atoms with E-state index in [1.807, 2.05) is 52.8 Å². The van der Waals surface area contributed by atoms with Crippen LogP contribution in [0.25, 0.3) is 0 Å². The summed E-state index contributed by atoms with van der Waals surface area (Å²) in [7, 11) is -3.49. The van der Waals surface area contributed by atoms with Crippen LogP contribution < -0.4 is 10.1 Å². The topological polar surface area (TPSA) is 75.7 Å². The van der Waals surface area contributed by atoms with E-state index in [1.165, 1.54) is 4.31 Å². The molecule has 1 amide bonds. The number of hydrogen-bond donors (Lipinski definition) is 1. The van der Waals surface area contributed by atoms with Gasteiger partial charge in [0.1, 0.15) is 5.75 Å². The maximum Gasteiger partial charge on any atom is 0.258 e. The van der Waals surface area contributed by atoms with E-state index in [0.717, 1.165) is 16.7 Å². The fourth-order valence-electron chi connectivity index (χ4n) is 3.11. The smallest absolute Gasteiger partial charge is 0.258 e. The largest absolute Gasteiger partial charge is 0.484 e. The molecule has 2 aromatic rings. The third kappa shape index (κ3) is 5.81. The number of carbonyl (C=O) groups is 1. The summed E-state index contributed by atoms with van der Waals surface area (Å²) in [6, 6.07) is 12.2. The molecule has 2 aromatic carbocycles. The van der Waals surface area contributed by atoms with Gasteiger partial charge in [-0.25, -0.2) is 8.42 Å². The van der Waals surface area contributed by atoms with Crippen LogP contribution in [0.3, 0.4) is 0 Å². The van der Waals surface area contributed by atoms with Crippen LogP contribution in [0.1, 0.15) is 43.5 Å². The summed E-state index contributed by atoms with van der Waals surface area (Å²) >= 11 is 0. The number of amides is 1. The number of benzene rings is 2. The predicted molar refractivity (Wildman–Crippen MR) is 115 cm³/mol. The van der Waals surface area contributed by atoms with Gasteiger partial charge in [0.2, 0.25) is 10.0 Å². The van der Waals surface area contributed by atoms with Crippen molar-refractivity contribution < 1.29 is 17.9 Å². The highest BCUT2D eigenvalue weighted by atomic mass is 32.2. The zero-order chi connectivity index (χ0) is 21.6. The monoisotopic (exact) mass is 418 g/mol. The number of hydrogen-bond acceptors (Lipinski definition) is 4. The minimum absolute atomic E-state index is 0.0807. The van der Waals surface area contributed by atoms with Gasteiger partial charge in [-0.2, -0.15) is 4.31 Å². The summed E-state index contributed by atoms with van der Waals surface area (Å²) in [4.78, 5) is 12.5. The molecule has 0 aliphatic heterocycles. The average molecular weight is 419 g/mol. The molecule has 0 aromatic heterocycles. The lowest BCUT2D eigenvalue weighted by atomic mass is 10.1. The first-order valence-corrected chi connectivity index (χ1v) is 11.2. The summed E-state index contributed by atoms with van der Waals surface area (Å²) in [5.74, 6) is 0.446. The number of aryl methyl sites for hydroxylation is 2. The molecule has 1 unspecified atom stereocenters. The minimum atomic E-state index is -3.49. The van der Waals surface area contributed by atoms with Gasteiger partial charge < -0.3 is 10.1 Å². The van der Waals surface area contributed by atoms with Crippen molar-refractivity contribution >= 4 is 15.9 Å². The van der Waals surface area contributed by atoms with Gasteiger partial charge in [-0.1, -0.05) is 43.7 Å². The first-order chi connectivity index (χ1) is 13.7. The maximum atomic E-state index is 12.6. The summed E-state index contributed by atoms with van der Waals surface area (Å²) in [6.45, 7) is 10.2. The molecule has 2 rings (SSSR count). The zero-order valence-electron chi connectivity index (χ0n) is 17.7. The third-order valence-corrected chi connectivity index (χ3v) is 6.85. The standard InChI is InChI=1S/C22H30N2O4S/c1-6-24(7-2)29(26,27)20-11-9-19(10-12-20)18(5)23-22(25)15-28-21-13-8-16(3)14-17(21)4/h8-14,18H,6-7,15H2,1-5H3,(H,23,25). The van der Waals surface area contributed by atoms with Crippen molar-refractivity contribution in [3.63, 3.8) is 0 Å². The Kier molecular flexibility index (Phi) is 7.81. The van der Waals surface area contributed by atoms with Crippen LogP contribution in [0.15, 0.2) is 47.4 Å². The molecule has 0 spiro atoms. The number of nitrogens with zero attached hydrogens (tertiary/aromatic N) is 1. The molecule has 0 saturated carbocycles. The molecule has 0 bridgehead atoms. The second-order valence-corrected chi connectivity index (χ2v) is 8.94. The van der Waals surface area contributed by atoms with Gasteiger partial charge in [0, 0.05) is 13.1 Å². The quantitative estimate of drug-likeness (QED) is 0.675. The Bertz CT molecular complexity index is 936. The van der Waals surface area contributed by atoms with E-state index < -0.39 is 10.0 Å². The summed E-state index contributed by atoms with van der Waals surface area (Å²) in [6.07, 6.45) is 0. The van der Waals surface area contributed by atoms with Crippen molar-refractivity contribution in [2.24, 2.45) is 0 Å². The van der Waals surface area contributed by atoms with Crippen molar-refractivity contribution in [3.8, 4) is 5.75 Å². The lowest BCUT2D eigenvalue weighted by Crippen LogP contribution is -2.32. The molecule has 0 heterocycles. The lowest BCUT2D eigenvalue weighted by Gasteiger charge is -2.19. The Morgan fingerprint density at radius 2 is 1.69 bits per heavy atom. The highest BCUT2D eigenvalue weighted by molar-refractivity contribution is 7.89. The maximum absolute atomic E-state index is 12.6. The zero-order valence-corrected chi connectivity index (χ0v) is 18.5. The van der Waals surface area contributed by atoms with Gasteiger partial charge in [0.25, 0.3) is 5.91 Å². The van der Waals surface area contributed by atoms with Gasteiger partial charge >= 0.3 is 0 Å². The third-order valence-electron chi connectivity index (χ3n) is 4.79. The number of rotatable bonds is 9. The van der Waals surface area contributed by atoms with Gasteiger partial charge in [0.05, 0.1) is 10.9 Å². The Balaban J connectivity index is 1.98. The second-order valence-electron chi connectivity index (χ2n) is 7.01. The Morgan fingerprint density at radius 1 is 1.07 bits per heavy atom. The van der Waals surface area contributed by atoms with Crippen LogP contribution in [-0.2, 0) is 14.8 Å². The number of nitrogens with one attached hydrogen (secondary N) is 1. The minimum Gasteiger partial charge on any atom is -0.484 e. The van der Waals surface area contributed by atoms with Crippen LogP contribution in [-0.4, -0.2) is 38.3 Å². The van der Waals surface area contributed by atoms with E-state index in [-0.39, 0.29) is 23.5 Å². The lowest BCUT2D eigenvalue weighted by molar-refractivity contribution is -0.123. The molecule has 0 aliphatic rings. The van der Waals surface area contributed by atoms with Crippen molar-refractivity contribution in [2.45, 2.75) is 45.6 Å². The Morgan fingerprint density at radius 3 is 2.24 bits per heavy atom. The fourth-order valence-corrected chi connectivity index (χ4v) is 4.57. The number of ether oxygens (including phenoxy) is 1. The van der Waals surface area contributed by atoms with Crippen molar-refractivity contribution in [3.05, 3.63) is 59.2 Å². The van der Waals surface area contributed by atoms with E-state index in [4.69, 9.17) is 4.74 Å². The molecule has 29 heavy (non-hydrogen) atoms. The summed E-state index contributed by atoms with van der Waals surface area (Å²) < 4.78 is 32.1. The van der Waals surface area contributed by atoms with Crippen LogP contribution in [0.4, 0.5) is 0 Å². The molecule has 158 valence electrons. The number of sulfonamides is 1. The molecular weight excluding hydrogens is 388 g/mol. The Hall–Kier alpha value is -2.38. The summed E-state index contributed by atoms with van der Waals surface area (Å²) in [5.41, 5.74) is 2.94. The van der Waals surface area contributed by atoms with Crippen LogP contribution in [0.5, 0.6) is 5.75 Å². The van der Waals surface area contributed by atoms with E-state index in [2.05, 4.69) is 5.32 Å². The number of carbonyl (C=O) groups excluding carboxylic acids is 1. The van der Waals surface area contributed by atoms with E-state index in [1.54, 1.807) is 24.3 Å². The molecule has 0 fully saturated rings. The highest BCUT2D eigenvalue weighted by Crippen LogP contribution is 2.20. The molecular formula is C22H30N2O4S. The molecule has 7 heteroatoms. The van der Waals surface area contributed by atoms with E-state index in [9.17, 15) is 13.2 Å². The van der Waals surface area contributed by atoms with Crippen LogP contribution in [0.2, 0.25) is 0 Å². The van der Waals surface area contributed by atoms with Gasteiger partial charge in [-0.15, -0.1) is 0 Å². The van der Waals surface area contributed by atoms with Crippen molar-refractivity contribution in [2.75, 3.05) is 19.7 Å². The normalized spacial score (nSPS) is 12.6. The second kappa shape index (κ2) is 9.89. The van der Waals surface area contributed by atoms with Crippen molar-refractivity contribution in [1.29, 1.82) is 0 Å². The van der Waals surface area contributed by atoms with Crippen LogP contribution >= 0.6 is 0 Å². The predicted octanol–water partition coefficient (Wildman–Crippen LogP) is 3.59. The average Bonchev–Trinajstić information content (AvgIpc) is 2.68. The van der Waals surface area contributed by atoms with Gasteiger partial charge in [-0.3, -0.25) is 4.79 Å². The van der Waals surface area contributed by atoms with Crippen molar-refractivity contribution in [1.82, 2.24) is 9.62 Å². The van der Waals surface area contributed by atoms with E-state index >= 15 is 0 Å². The molecule has 0 saturated heterocycles. The molecule has 0 aliphatic carbocycles. The molecule has 6 nitrogen and oxygen atoms in total. The molecule has 1 atom stereocenters. The first kappa shape index (κ1) is 22.9. The Labute approximate surface area is 173 Å². The van der Waals surface area contributed by atoms with E-state index in [0.29, 0.717) is 18.8 Å². The molecule has 0 radical (unpaired) electrons. The first-order valence-electron chi connectivity index (χ1n) is 9.78. The molecule has 1 N–H and O–H groups in total.